The Morgan fingerprint density at radius 2 is 2.06 bits per heavy atom. The predicted molar refractivity (Wildman–Crippen MR) is 73.8 cm³/mol. The molecule has 17 heavy (non-hydrogen) atoms. The maximum atomic E-state index is 6.13. The number of benzene rings is 1. The van der Waals surface area contributed by atoms with Gasteiger partial charge >= 0.3 is 0 Å². The second-order valence-electron chi connectivity index (χ2n) is 5.05. The molecule has 1 saturated carbocycles. The molecule has 1 fully saturated rings. The summed E-state index contributed by atoms with van der Waals surface area (Å²) in [5, 5.41) is 4.83. The summed E-state index contributed by atoms with van der Waals surface area (Å²) >= 11 is 12.0. The highest BCUT2D eigenvalue weighted by Gasteiger charge is 2.35. The van der Waals surface area contributed by atoms with Crippen LogP contribution in [0.15, 0.2) is 30.4 Å². The fourth-order valence-corrected chi connectivity index (χ4v) is 3.48. The van der Waals surface area contributed by atoms with E-state index in [9.17, 15) is 0 Å². The molecule has 3 rings (SSSR count). The van der Waals surface area contributed by atoms with Crippen molar-refractivity contribution in [2.45, 2.75) is 12.8 Å². The number of nitrogens with one attached hydrogen (secondary N) is 1. The van der Waals surface area contributed by atoms with Gasteiger partial charge in [0, 0.05) is 11.6 Å². The lowest BCUT2D eigenvalue weighted by Crippen LogP contribution is -2.18. The van der Waals surface area contributed by atoms with Gasteiger partial charge in [0.2, 0.25) is 0 Å². The smallest absolute Gasteiger partial charge is 0.0652 e. The first kappa shape index (κ1) is 11.4. The summed E-state index contributed by atoms with van der Waals surface area (Å²) in [6.07, 6.45) is 7.42. The largest absolute Gasteiger partial charge is 0.384 e. The van der Waals surface area contributed by atoms with Crippen LogP contribution in [0.1, 0.15) is 12.8 Å². The van der Waals surface area contributed by atoms with Gasteiger partial charge in [0.25, 0.3) is 0 Å². The van der Waals surface area contributed by atoms with E-state index in [0.29, 0.717) is 10.0 Å². The first-order chi connectivity index (χ1) is 8.22. The van der Waals surface area contributed by atoms with E-state index in [4.69, 9.17) is 23.2 Å². The van der Waals surface area contributed by atoms with Crippen molar-refractivity contribution >= 4 is 28.9 Å². The van der Waals surface area contributed by atoms with Gasteiger partial charge in [0.15, 0.2) is 0 Å². The maximum Gasteiger partial charge on any atom is 0.0652 e. The van der Waals surface area contributed by atoms with Crippen LogP contribution in [0.2, 0.25) is 10.0 Å². The molecule has 0 aliphatic heterocycles. The zero-order valence-corrected chi connectivity index (χ0v) is 11.0. The summed E-state index contributed by atoms with van der Waals surface area (Å²) in [4.78, 5) is 0. The molecule has 0 heterocycles. The number of fused-ring (bicyclic) bond motifs is 2. The number of rotatable bonds is 3. The minimum absolute atomic E-state index is 0.684. The molecule has 0 radical (unpaired) electrons. The van der Waals surface area contributed by atoms with Gasteiger partial charge in [-0.2, -0.15) is 0 Å². The second kappa shape index (κ2) is 4.55. The van der Waals surface area contributed by atoms with Crippen molar-refractivity contribution in [1.82, 2.24) is 0 Å². The van der Waals surface area contributed by atoms with Crippen LogP contribution in [0.4, 0.5) is 5.69 Å². The van der Waals surface area contributed by atoms with Crippen LogP contribution in [0.5, 0.6) is 0 Å². The van der Waals surface area contributed by atoms with Gasteiger partial charge in [-0.1, -0.05) is 35.4 Å². The number of hydrogen-bond donors (Lipinski definition) is 1. The minimum Gasteiger partial charge on any atom is -0.384 e. The number of allylic oxidation sites excluding steroid dienone is 2. The summed E-state index contributed by atoms with van der Waals surface area (Å²) in [6.45, 7) is 1.01. The van der Waals surface area contributed by atoms with E-state index in [-0.39, 0.29) is 0 Å². The van der Waals surface area contributed by atoms with Crippen molar-refractivity contribution < 1.29 is 0 Å². The molecule has 2 aliphatic carbocycles. The molecule has 0 amide bonds. The van der Waals surface area contributed by atoms with Gasteiger partial charge in [0.1, 0.15) is 0 Å². The van der Waals surface area contributed by atoms with E-state index < -0.39 is 0 Å². The van der Waals surface area contributed by atoms with Crippen molar-refractivity contribution in [2.75, 3.05) is 11.9 Å². The Labute approximate surface area is 112 Å². The van der Waals surface area contributed by atoms with E-state index in [2.05, 4.69) is 17.5 Å². The molecule has 3 heteroatoms. The van der Waals surface area contributed by atoms with Gasteiger partial charge in [-0.25, -0.2) is 0 Å². The van der Waals surface area contributed by atoms with Crippen molar-refractivity contribution in [3.05, 3.63) is 40.4 Å². The van der Waals surface area contributed by atoms with Crippen LogP contribution in [-0.4, -0.2) is 6.54 Å². The van der Waals surface area contributed by atoms with Crippen molar-refractivity contribution in [3.8, 4) is 0 Å². The van der Waals surface area contributed by atoms with Crippen molar-refractivity contribution in [3.63, 3.8) is 0 Å². The molecule has 2 aliphatic rings. The monoisotopic (exact) mass is 267 g/mol. The predicted octanol–water partition coefficient (Wildman–Crippen LogP) is 4.62. The molecule has 0 saturated heterocycles. The van der Waals surface area contributed by atoms with Crippen LogP contribution in [0, 0.1) is 17.8 Å². The Balaban J connectivity index is 1.62. The first-order valence-electron chi connectivity index (χ1n) is 6.09. The summed E-state index contributed by atoms with van der Waals surface area (Å²) in [7, 11) is 0. The molecular weight excluding hydrogens is 253 g/mol. The number of anilines is 1. The summed E-state index contributed by atoms with van der Waals surface area (Å²) < 4.78 is 0. The molecule has 2 bridgehead atoms. The van der Waals surface area contributed by atoms with E-state index in [1.165, 1.54) is 12.8 Å². The molecule has 1 aromatic carbocycles. The van der Waals surface area contributed by atoms with E-state index >= 15 is 0 Å². The highest BCUT2D eigenvalue weighted by atomic mass is 35.5. The highest BCUT2D eigenvalue weighted by Crippen LogP contribution is 2.43. The van der Waals surface area contributed by atoms with Crippen LogP contribution in [-0.2, 0) is 0 Å². The highest BCUT2D eigenvalue weighted by molar-refractivity contribution is 6.36. The molecule has 0 spiro atoms. The Morgan fingerprint density at radius 1 is 1.18 bits per heavy atom. The van der Waals surface area contributed by atoms with Crippen LogP contribution < -0.4 is 5.32 Å². The average Bonchev–Trinajstić information content (AvgIpc) is 2.89. The maximum absolute atomic E-state index is 6.13. The lowest BCUT2D eigenvalue weighted by molar-refractivity contribution is 0.472. The Bertz CT molecular complexity index is 456. The number of halogens is 2. The molecule has 1 aromatic rings. The third-order valence-electron chi connectivity index (χ3n) is 3.90. The summed E-state index contributed by atoms with van der Waals surface area (Å²) in [6, 6.07) is 5.61. The fourth-order valence-electron chi connectivity index (χ4n) is 3.00. The Morgan fingerprint density at radius 3 is 2.71 bits per heavy atom. The zero-order valence-electron chi connectivity index (χ0n) is 9.50. The molecule has 1 N–H and O–H groups in total. The summed E-state index contributed by atoms with van der Waals surface area (Å²) in [5.41, 5.74) is 0.989. The normalized spacial score (nSPS) is 29.9. The van der Waals surface area contributed by atoms with Gasteiger partial charge < -0.3 is 5.32 Å². The summed E-state index contributed by atoms with van der Waals surface area (Å²) in [5.74, 6) is 2.36. The van der Waals surface area contributed by atoms with Crippen LogP contribution >= 0.6 is 23.2 Å². The topological polar surface area (TPSA) is 12.0 Å². The SMILES string of the molecule is Clc1ccc(NCC2CC3C=CC2C3)c(Cl)c1. The third kappa shape index (κ3) is 2.31. The molecule has 3 unspecified atom stereocenters. The van der Waals surface area contributed by atoms with Crippen molar-refractivity contribution in [1.29, 1.82) is 0 Å². The van der Waals surface area contributed by atoms with E-state index in [1.807, 2.05) is 12.1 Å². The van der Waals surface area contributed by atoms with Crippen LogP contribution in [0.3, 0.4) is 0 Å². The lowest BCUT2D eigenvalue weighted by Gasteiger charge is -2.19. The quantitative estimate of drug-likeness (QED) is 0.789. The third-order valence-corrected chi connectivity index (χ3v) is 4.45. The standard InChI is InChI=1S/C14H15Cl2N/c15-12-3-4-14(13(16)7-12)17-8-11-6-9-1-2-10(11)5-9/h1-4,7,9-11,17H,5-6,8H2. The lowest BCUT2D eigenvalue weighted by atomic mass is 9.93. The molecule has 3 atom stereocenters. The van der Waals surface area contributed by atoms with Gasteiger partial charge in [-0.15, -0.1) is 0 Å². The van der Waals surface area contributed by atoms with Gasteiger partial charge in [-0.3, -0.25) is 0 Å². The van der Waals surface area contributed by atoms with Crippen molar-refractivity contribution in [2.24, 2.45) is 17.8 Å². The average molecular weight is 268 g/mol. The van der Waals surface area contributed by atoms with Crippen LogP contribution in [0.25, 0.3) is 0 Å². The first-order valence-corrected chi connectivity index (χ1v) is 6.85. The molecule has 90 valence electrons. The Hall–Kier alpha value is -0.660. The molecule has 1 nitrogen and oxygen atoms in total. The van der Waals surface area contributed by atoms with E-state index in [1.54, 1.807) is 6.07 Å². The Kier molecular flexibility index (Phi) is 3.06. The number of hydrogen-bond acceptors (Lipinski definition) is 1. The van der Waals surface area contributed by atoms with Gasteiger partial charge in [0.05, 0.1) is 10.7 Å². The van der Waals surface area contributed by atoms with Gasteiger partial charge in [-0.05, 0) is 48.8 Å². The molecule has 0 aromatic heterocycles. The fraction of sp³-hybridized carbons (Fsp3) is 0.429. The minimum atomic E-state index is 0.684. The zero-order chi connectivity index (χ0) is 11.8. The van der Waals surface area contributed by atoms with E-state index in [0.717, 1.165) is 30.0 Å². The second-order valence-corrected chi connectivity index (χ2v) is 5.89. The molecular formula is C14H15Cl2N.